The van der Waals surface area contributed by atoms with Crippen molar-refractivity contribution < 1.29 is 9.90 Å². The van der Waals surface area contributed by atoms with Gasteiger partial charge < -0.3 is 14.9 Å². The predicted molar refractivity (Wildman–Crippen MR) is 73.4 cm³/mol. The smallest absolute Gasteiger partial charge is 0.222 e. The summed E-state index contributed by atoms with van der Waals surface area (Å²) >= 11 is 0. The van der Waals surface area contributed by atoms with E-state index in [1.807, 2.05) is 25.7 Å². The molecule has 0 aromatic carbocycles. The second-order valence-corrected chi connectivity index (χ2v) is 5.26. The quantitative estimate of drug-likeness (QED) is 0.747. The lowest BCUT2D eigenvalue weighted by atomic mass is 10.0. The Labute approximate surface area is 111 Å². The molecule has 1 aliphatic rings. The van der Waals surface area contributed by atoms with Gasteiger partial charge >= 0.3 is 0 Å². The van der Waals surface area contributed by atoms with Gasteiger partial charge in [-0.1, -0.05) is 0 Å². The van der Waals surface area contributed by atoms with Gasteiger partial charge in [0, 0.05) is 26.1 Å². The molecule has 0 aliphatic carbocycles. The van der Waals surface area contributed by atoms with E-state index in [0.717, 1.165) is 45.6 Å². The van der Waals surface area contributed by atoms with E-state index >= 15 is 0 Å². The number of nitrogens with zero attached hydrogens (tertiary/aromatic N) is 2. The number of amides is 1. The highest BCUT2D eigenvalue weighted by molar-refractivity contribution is 5.76. The molecule has 2 atom stereocenters. The Bertz CT molecular complexity index is 252. The summed E-state index contributed by atoms with van der Waals surface area (Å²) < 4.78 is 0. The number of aliphatic hydroxyl groups excluding tert-OH is 1. The number of carbonyl (C=O) groups excluding carboxylic acids is 1. The Balaban J connectivity index is 2.17. The van der Waals surface area contributed by atoms with Crippen molar-refractivity contribution in [1.82, 2.24) is 9.80 Å². The van der Waals surface area contributed by atoms with Gasteiger partial charge in [-0.2, -0.15) is 0 Å². The molecule has 0 radical (unpaired) electrons. The lowest BCUT2D eigenvalue weighted by molar-refractivity contribution is -0.130. The van der Waals surface area contributed by atoms with Crippen LogP contribution < -0.4 is 0 Å². The number of aliphatic hydroxyl groups is 1. The largest absolute Gasteiger partial charge is 0.393 e. The van der Waals surface area contributed by atoms with Gasteiger partial charge in [-0.25, -0.2) is 0 Å². The summed E-state index contributed by atoms with van der Waals surface area (Å²) in [7, 11) is 0. The van der Waals surface area contributed by atoms with E-state index in [0.29, 0.717) is 12.3 Å². The van der Waals surface area contributed by atoms with Crippen LogP contribution in [0.25, 0.3) is 0 Å². The van der Waals surface area contributed by atoms with Crippen LogP contribution in [0.5, 0.6) is 0 Å². The van der Waals surface area contributed by atoms with E-state index in [1.165, 1.54) is 0 Å². The Morgan fingerprint density at radius 1 is 1.44 bits per heavy atom. The highest BCUT2D eigenvalue weighted by Crippen LogP contribution is 2.19. The van der Waals surface area contributed by atoms with E-state index in [4.69, 9.17) is 0 Å². The minimum Gasteiger partial charge on any atom is -0.393 e. The van der Waals surface area contributed by atoms with E-state index in [1.54, 1.807) is 0 Å². The van der Waals surface area contributed by atoms with Crippen LogP contribution in [0, 0.1) is 5.92 Å². The average Bonchev–Trinajstić information content (AvgIpc) is 2.79. The van der Waals surface area contributed by atoms with E-state index in [2.05, 4.69) is 4.90 Å². The molecule has 4 nitrogen and oxygen atoms in total. The highest BCUT2D eigenvalue weighted by Gasteiger charge is 2.25. The molecule has 1 fully saturated rings. The molecule has 1 amide bonds. The fraction of sp³-hybridized carbons (Fsp3) is 0.929. The third-order valence-corrected chi connectivity index (χ3v) is 3.97. The first-order valence-electron chi connectivity index (χ1n) is 7.26. The van der Waals surface area contributed by atoms with Gasteiger partial charge in [0.25, 0.3) is 0 Å². The molecule has 0 spiro atoms. The topological polar surface area (TPSA) is 43.8 Å². The van der Waals surface area contributed by atoms with Crippen molar-refractivity contribution in [2.45, 2.75) is 46.1 Å². The van der Waals surface area contributed by atoms with Gasteiger partial charge in [0.2, 0.25) is 5.91 Å². The first-order chi connectivity index (χ1) is 8.58. The maximum absolute atomic E-state index is 11.8. The molecule has 1 N–H and O–H groups in total. The summed E-state index contributed by atoms with van der Waals surface area (Å²) in [6.07, 6.45) is 2.47. The average molecular weight is 256 g/mol. The van der Waals surface area contributed by atoms with E-state index < -0.39 is 0 Å². The molecule has 1 rings (SSSR count). The molecule has 2 unspecified atom stereocenters. The van der Waals surface area contributed by atoms with Crippen LogP contribution in [-0.4, -0.2) is 59.6 Å². The van der Waals surface area contributed by atoms with Gasteiger partial charge in [-0.15, -0.1) is 0 Å². The molecule has 0 aromatic rings. The molecule has 0 aromatic heterocycles. The lowest BCUT2D eigenvalue weighted by Crippen LogP contribution is -2.31. The van der Waals surface area contributed by atoms with Crippen molar-refractivity contribution in [2.75, 3.05) is 32.7 Å². The standard InChI is InChI=1S/C14H28N2O2/c1-4-16(5-2)14(18)7-6-9-15-10-8-13(11-15)12(3)17/h12-13,17H,4-11H2,1-3H3. The lowest BCUT2D eigenvalue weighted by Gasteiger charge is -2.20. The number of carbonyl (C=O) groups is 1. The second kappa shape index (κ2) is 7.74. The molecule has 1 heterocycles. The number of likely N-dealkylation sites (tertiary alicyclic amines) is 1. The van der Waals surface area contributed by atoms with E-state index in [-0.39, 0.29) is 12.0 Å². The van der Waals surface area contributed by atoms with Crippen LogP contribution in [0.2, 0.25) is 0 Å². The Morgan fingerprint density at radius 2 is 2.11 bits per heavy atom. The minimum absolute atomic E-state index is 0.202. The number of hydrogen-bond donors (Lipinski definition) is 1. The zero-order chi connectivity index (χ0) is 13.5. The summed E-state index contributed by atoms with van der Waals surface area (Å²) in [5.74, 6) is 0.690. The summed E-state index contributed by atoms with van der Waals surface area (Å²) in [4.78, 5) is 16.1. The van der Waals surface area contributed by atoms with Gasteiger partial charge in [-0.3, -0.25) is 4.79 Å². The normalized spacial score (nSPS) is 22.1. The molecule has 4 heteroatoms. The second-order valence-electron chi connectivity index (χ2n) is 5.26. The molecular formula is C14H28N2O2. The Kier molecular flexibility index (Phi) is 6.65. The van der Waals surface area contributed by atoms with Gasteiger partial charge in [0.05, 0.1) is 6.10 Å². The van der Waals surface area contributed by atoms with Crippen LogP contribution in [0.4, 0.5) is 0 Å². The van der Waals surface area contributed by atoms with Crippen molar-refractivity contribution in [3.05, 3.63) is 0 Å². The van der Waals surface area contributed by atoms with Crippen LogP contribution in [0.15, 0.2) is 0 Å². The third-order valence-electron chi connectivity index (χ3n) is 3.97. The molecular weight excluding hydrogens is 228 g/mol. The Morgan fingerprint density at radius 3 is 2.61 bits per heavy atom. The fourth-order valence-corrected chi connectivity index (χ4v) is 2.65. The molecule has 1 saturated heterocycles. The van der Waals surface area contributed by atoms with Gasteiger partial charge in [0.1, 0.15) is 0 Å². The Hall–Kier alpha value is -0.610. The van der Waals surface area contributed by atoms with Gasteiger partial charge in [-0.05, 0) is 52.6 Å². The third kappa shape index (κ3) is 4.58. The van der Waals surface area contributed by atoms with Gasteiger partial charge in [0.15, 0.2) is 0 Å². The molecule has 1 aliphatic heterocycles. The zero-order valence-corrected chi connectivity index (χ0v) is 12.1. The van der Waals surface area contributed by atoms with E-state index in [9.17, 15) is 9.90 Å². The molecule has 106 valence electrons. The molecule has 0 saturated carbocycles. The minimum atomic E-state index is -0.202. The number of hydrogen-bond acceptors (Lipinski definition) is 3. The molecule has 0 bridgehead atoms. The van der Waals surface area contributed by atoms with Crippen molar-refractivity contribution >= 4 is 5.91 Å². The van der Waals surface area contributed by atoms with Crippen molar-refractivity contribution in [3.63, 3.8) is 0 Å². The van der Waals surface area contributed by atoms with Crippen LogP contribution in [-0.2, 0) is 4.79 Å². The van der Waals surface area contributed by atoms with Crippen LogP contribution >= 0.6 is 0 Å². The van der Waals surface area contributed by atoms with Crippen molar-refractivity contribution in [2.24, 2.45) is 5.92 Å². The summed E-state index contributed by atoms with van der Waals surface area (Å²) in [6.45, 7) is 10.6. The maximum Gasteiger partial charge on any atom is 0.222 e. The fourth-order valence-electron chi connectivity index (χ4n) is 2.65. The summed E-state index contributed by atoms with van der Waals surface area (Å²) in [6, 6.07) is 0. The predicted octanol–water partition coefficient (Wildman–Crippen LogP) is 1.34. The first-order valence-corrected chi connectivity index (χ1v) is 7.26. The van der Waals surface area contributed by atoms with Crippen LogP contribution in [0.1, 0.15) is 40.0 Å². The number of rotatable bonds is 7. The highest BCUT2D eigenvalue weighted by atomic mass is 16.3. The monoisotopic (exact) mass is 256 g/mol. The van der Waals surface area contributed by atoms with Crippen LogP contribution in [0.3, 0.4) is 0 Å². The van der Waals surface area contributed by atoms with Crippen molar-refractivity contribution in [3.8, 4) is 0 Å². The summed E-state index contributed by atoms with van der Waals surface area (Å²) in [5, 5.41) is 9.53. The first kappa shape index (κ1) is 15.4. The van der Waals surface area contributed by atoms with Crippen molar-refractivity contribution in [1.29, 1.82) is 0 Å². The summed E-state index contributed by atoms with van der Waals surface area (Å²) in [5.41, 5.74) is 0. The SMILES string of the molecule is CCN(CC)C(=O)CCCN1CCC(C(C)O)C1. The molecule has 18 heavy (non-hydrogen) atoms. The zero-order valence-electron chi connectivity index (χ0n) is 12.1. The maximum atomic E-state index is 11.8.